The van der Waals surface area contributed by atoms with Crippen LogP contribution in [0, 0.1) is 6.92 Å². The monoisotopic (exact) mass is 289 g/mol. The van der Waals surface area contributed by atoms with Gasteiger partial charge in [0.2, 0.25) is 0 Å². The first kappa shape index (κ1) is 13.4. The summed E-state index contributed by atoms with van der Waals surface area (Å²) >= 11 is 1.97. The highest BCUT2D eigenvalue weighted by Crippen LogP contribution is 2.25. The molecule has 0 atom stereocenters. The fourth-order valence-corrected chi connectivity index (χ4v) is 3.32. The molecule has 1 aliphatic heterocycles. The van der Waals surface area contributed by atoms with Gasteiger partial charge in [-0.3, -0.25) is 0 Å². The van der Waals surface area contributed by atoms with E-state index in [-0.39, 0.29) is 0 Å². The molecule has 106 valence electrons. The lowest BCUT2D eigenvalue weighted by atomic mass is 10.1. The first-order valence-electron chi connectivity index (χ1n) is 6.85. The molecule has 20 heavy (non-hydrogen) atoms. The predicted octanol–water partition coefficient (Wildman–Crippen LogP) is 2.60. The number of thioether (sulfide) groups is 1. The molecule has 4 nitrogen and oxygen atoms in total. The summed E-state index contributed by atoms with van der Waals surface area (Å²) in [6.07, 6.45) is 0. The third kappa shape index (κ3) is 2.63. The number of aliphatic imine (C=N–C) groups is 1. The number of guanidine groups is 1. The molecule has 2 N–H and O–H groups in total. The second-order valence-electron chi connectivity index (χ2n) is 4.92. The number of nitrogens with two attached hydrogens (primary N) is 1. The Balaban J connectivity index is 1.77. The Bertz CT molecular complexity index is 629. The maximum absolute atomic E-state index is 6.07. The Morgan fingerprint density at radius 2 is 2.10 bits per heavy atom. The van der Waals surface area contributed by atoms with Crippen LogP contribution >= 0.6 is 11.8 Å². The van der Waals surface area contributed by atoms with Crippen LogP contribution in [0.3, 0.4) is 0 Å². The lowest BCUT2D eigenvalue weighted by molar-refractivity contribution is 0.453. The number of furan rings is 1. The average Bonchev–Trinajstić information content (AvgIpc) is 2.83. The van der Waals surface area contributed by atoms with Crippen molar-refractivity contribution in [2.45, 2.75) is 13.5 Å². The SMILES string of the molecule is Cc1c(CN=C(N)N2CCSCC2)oc2ccccc12. The van der Waals surface area contributed by atoms with Crippen molar-refractivity contribution < 1.29 is 4.42 Å². The van der Waals surface area contributed by atoms with Crippen LogP contribution in [-0.4, -0.2) is 35.5 Å². The number of hydrogen-bond acceptors (Lipinski definition) is 3. The van der Waals surface area contributed by atoms with E-state index in [0.717, 1.165) is 46.9 Å². The molecule has 1 aromatic heterocycles. The van der Waals surface area contributed by atoms with Crippen molar-refractivity contribution in [3.8, 4) is 0 Å². The van der Waals surface area contributed by atoms with Crippen molar-refractivity contribution in [2.75, 3.05) is 24.6 Å². The molecule has 2 heterocycles. The standard InChI is InChI=1S/C15H19N3OS/c1-11-12-4-2-3-5-13(12)19-14(11)10-17-15(16)18-6-8-20-9-7-18/h2-5H,6-10H2,1H3,(H2,16,17). The molecule has 0 amide bonds. The Kier molecular flexibility index (Phi) is 3.87. The predicted molar refractivity (Wildman–Crippen MR) is 85.2 cm³/mol. The highest BCUT2D eigenvalue weighted by atomic mass is 32.2. The van der Waals surface area contributed by atoms with Crippen LogP contribution in [0.1, 0.15) is 11.3 Å². The first-order chi connectivity index (χ1) is 9.75. The van der Waals surface area contributed by atoms with E-state index in [1.165, 1.54) is 0 Å². The highest BCUT2D eigenvalue weighted by molar-refractivity contribution is 7.99. The van der Waals surface area contributed by atoms with Gasteiger partial charge in [0, 0.05) is 35.5 Å². The second-order valence-corrected chi connectivity index (χ2v) is 6.14. The molecule has 0 bridgehead atoms. The maximum atomic E-state index is 6.07. The molecular weight excluding hydrogens is 270 g/mol. The first-order valence-corrected chi connectivity index (χ1v) is 8.01. The number of rotatable bonds is 2. The molecule has 1 aliphatic rings. The molecule has 0 radical (unpaired) electrons. The van der Waals surface area contributed by atoms with Gasteiger partial charge in [0.25, 0.3) is 0 Å². The second kappa shape index (κ2) is 5.79. The zero-order valence-corrected chi connectivity index (χ0v) is 12.4. The van der Waals surface area contributed by atoms with E-state index in [9.17, 15) is 0 Å². The topological polar surface area (TPSA) is 54.8 Å². The third-order valence-corrected chi connectivity index (χ3v) is 4.60. The summed E-state index contributed by atoms with van der Waals surface area (Å²) in [5.74, 6) is 3.78. The molecule has 0 unspecified atom stereocenters. The molecule has 2 aromatic rings. The fourth-order valence-electron chi connectivity index (χ4n) is 2.42. The van der Waals surface area contributed by atoms with Crippen LogP contribution in [0.2, 0.25) is 0 Å². The number of fused-ring (bicyclic) bond motifs is 1. The van der Waals surface area contributed by atoms with Gasteiger partial charge in [-0.2, -0.15) is 11.8 Å². The highest BCUT2D eigenvalue weighted by Gasteiger charge is 2.13. The Morgan fingerprint density at radius 1 is 1.35 bits per heavy atom. The summed E-state index contributed by atoms with van der Waals surface area (Å²) in [5, 5.41) is 1.16. The van der Waals surface area contributed by atoms with Gasteiger partial charge in [0.05, 0.1) is 0 Å². The molecule has 0 spiro atoms. The van der Waals surface area contributed by atoms with Crippen LogP contribution in [0.4, 0.5) is 0 Å². The zero-order chi connectivity index (χ0) is 13.9. The summed E-state index contributed by atoms with van der Waals surface area (Å²) in [4.78, 5) is 6.64. The number of benzene rings is 1. The van der Waals surface area contributed by atoms with Gasteiger partial charge in [-0.15, -0.1) is 0 Å². The Morgan fingerprint density at radius 3 is 2.85 bits per heavy atom. The minimum Gasteiger partial charge on any atom is -0.459 e. The summed E-state index contributed by atoms with van der Waals surface area (Å²) in [5.41, 5.74) is 8.14. The molecule has 5 heteroatoms. The molecular formula is C15H19N3OS. The van der Waals surface area contributed by atoms with Gasteiger partial charge >= 0.3 is 0 Å². The molecule has 1 fully saturated rings. The summed E-state index contributed by atoms with van der Waals surface area (Å²) < 4.78 is 5.85. The van der Waals surface area contributed by atoms with Crippen LogP contribution < -0.4 is 5.73 Å². The minimum atomic E-state index is 0.510. The van der Waals surface area contributed by atoms with Crippen LogP contribution in [0.15, 0.2) is 33.7 Å². The van der Waals surface area contributed by atoms with Crippen molar-refractivity contribution in [3.63, 3.8) is 0 Å². The zero-order valence-electron chi connectivity index (χ0n) is 11.6. The van der Waals surface area contributed by atoms with Crippen molar-refractivity contribution in [1.82, 2.24) is 4.90 Å². The van der Waals surface area contributed by atoms with E-state index in [1.807, 2.05) is 30.0 Å². The molecule has 3 rings (SSSR count). The lowest BCUT2D eigenvalue weighted by Gasteiger charge is -2.27. The van der Waals surface area contributed by atoms with Crippen molar-refractivity contribution in [2.24, 2.45) is 10.7 Å². The number of nitrogens with zero attached hydrogens (tertiary/aromatic N) is 2. The number of hydrogen-bond donors (Lipinski definition) is 1. The van der Waals surface area contributed by atoms with Gasteiger partial charge in [-0.1, -0.05) is 18.2 Å². The summed E-state index contributed by atoms with van der Waals surface area (Å²) in [7, 11) is 0. The molecule has 0 aliphatic carbocycles. The maximum Gasteiger partial charge on any atom is 0.191 e. The van der Waals surface area contributed by atoms with Crippen molar-refractivity contribution in [1.29, 1.82) is 0 Å². The fraction of sp³-hybridized carbons (Fsp3) is 0.400. The van der Waals surface area contributed by atoms with Crippen LogP contribution in [0.5, 0.6) is 0 Å². The molecule has 1 aromatic carbocycles. The van der Waals surface area contributed by atoms with E-state index in [1.54, 1.807) is 0 Å². The van der Waals surface area contributed by atoms with Gasteiger partial charge in [0.15, 0.2) is 5.96 Å². The van der Waals surface area contributed by atoms with Crippen LogP contribution in [-0.2, 0) is 6.54 Å². The lowest BCUT2D eigenvalue weighted by Crippen LogP contribution is -2.42. The smallest absolute Gasteiger partial charge is 0.191 e. The Labute approximate surface area is 123 Å². The molecule has 0 saturated carbocycles. The quantitative estimate of drug-likeness (QED) is 0.682. The molecule has 1 saturated heterocycles. The number of aryl methyl sites for hydroxylation is 1. The average molecular weight is 289 g/mol. The van der Waals surface area contributed by atoms with E-state index in [2.05, 4.69) is 22.9 Å². The van der Waals surface area contributed by atoms with Gasteiger partial charge in [-0.05, 0) is 13.0 Å². The van der Waals surface area contributed by atoms with Crippen molar-refractivity contribution >= 4 is 28.7 Å². The third-order valence-electron chi connectivity index (χ3n) is 3.66. The summed E-state index contributed by atoms with van der Waals surface area (Å²) in [6.45, 7) is 4.55. The van der Waals surface area contributed by atoms with Crippen LogP contribution in [0.25, 0.3) is 11.0 Å². The van der Waals surface area contributed by atoms with E-state index < -0.39 is 0 Å². The van der Waals surface area contributed by atoms with Gasteiger partial charge < -0.3 is 15.1 Å². The van der Waals surface area contributed by atoms with E-state index in [4.69, 9.17) is 10.2 Å². The van der Waals surface area contributed by atoms with Gasteiger partial charge in [-0.25, -0.2) is 4.99 Å². The van der Waals surface area contributed by atoms with Crippen molar-refractivity contribution in [3.05, 3.63) is 35.6 Å². The van der Waals surface area contributed by atoms with E-state index in [0.29, 0.717) is 12.5 Å². The number of para-hydroxylation sites is 1. The van der Waals surface area contributed by atoms with Gasteiger partial charge in [0.1, 0.15) is 17.9 Å². The Hall–Kier alpha value is -1.62. The van der Waals surface area contributed by atoms with E-state index >= 15 is 0 Å². The largest absolute Gasteiger partial charge is 0.459 e. The summed E-state index contributed by atoms with van der Waals surface area (Å²) in [6, 6.07) is 8.07. The minimum absolute atomic E-state index is 0.510. The normalized spacial score (nSPS) is 16.9.